The molecule has 0 spiro atoms. The smallest absolute Gasteiger partial charge is 0.255 e. The highest BCUT2D eigenvalue weighted by Crippen LogP contribution is 2.17. The molecule has 1 heterocycles. The zero-order chi connectivity index (χ0) is 13.1. The van der Waals surface area contributed by atoms with Crippen LogP contribution in [0.1, 0.15) is 16.1 Å². The maximum absolute atomic E-state index is 12.0. The molecule has 0 saturated heterocycles. The third-order valence-corrected chi connectivity index (χ3v) is 2.57. The minimum absolute atomic E-state index is 0.269. The number of carbonyl (C=O) groups excluding carboxylic acids is 1. The number of hydrogen-bond donors (Lipinski definition) is 2. The van der Waals surface area contributed by atoms with Crippen molar-refractivity contribution in [2.24, 2.45) is 0 Å². The first-order valence-corrected chi connectivity index (χ1v) is 5.72. The summed E-state index contributed by atoms with van der Waals surface area (Å²) < 4.78 is 0. The van der Waals surface area contributed by atoms with E-state index in [9.17, 15) is 4.79 Å². The largest absolute Gasteiger partial charge is 0.399 e. The predicted octanol–water partition coefficient (Wildman–Crippen LogP) is 2.88. The molecule has 1 aromatic heterocycles. The molecule has 18 heavy (non-hydrogen) atoms. The van der Waals surface area contributed by atoms with Crippen molar-refractivity contribution in [3.8, 4) is 0 Å². The van der Waals surface area contributed by atoms with E-state index in [1.165, 1.54) is 0 Å². The van der Waals surface area contributed by atoms with Gasteiger partial charge in [0.2, 0.25) is 0 Å². The van der Waals surface area contributed by atoms with Gasteiger partial charge >= 0.3 is 0 Å². The average molecular weight is 262 g/mol. The van der Waals surface area contributed by atoms with Crippen molar-refractivity contribution in [2.75, 3.05) is 11.1 Å². The molecule has 4 nitrogen and oxygen atoms in total. The van der Waals surface area contributed by atoms with Crippen molar-refractivity contribution in [1.29, 1.82) is 0 Å². The number of nitrogen functional groups attached to an aromatic ring is 1. The van der Waals surface area contributed by atoms with Gasteiger partial charge in [-0.05, 0) is 37.3 Å². The number of rotatable bonds is 2. The summed E-state index contributed by atoms with van der Waals surface area (Å²) in [5, 5.41) is 3.16. The van der Waals surface area contributed by atoms with Gasteiger partial charge in [-0.2, -0.15) is 0 Å². The molecule has 92 valence electrons. The van der Waals surface area contributed by atoms with Crippen LogP contribution in [0.4, 0.5) is 11.4 Å². The molecule has 0 radical (unpaired) electrons. The Morgan fingerprint density at radius 3 is 2.72 bits per heavy atom. The maximum Gasteiger partial charge on any atom is 0.255 e. The first-order chi connectivity index (χ1) is 8.54. The Balaban J connectivity index is 2.19. The molecule has 0 bridgehead atoms. The average Bonchev–Trinajstić information content (AvgIpc) is 2.31. The van der Waals surface area contributed by atoms with Crippen LogP contribution in [0, 0.1) is 6.92 Å². The normalized spacial score (nSPS) is 10.1. The highest BCUT2D eigenvalue weighted by Gasteiger charge is 2.08. The number of nitrogens with two attached hydrogens (primary N) is 1. The fourth-order valence-corrected chi connectivity index (χ4v) is 1.73. The highest BCUT2D eigenvalue weighted by atomic mass is 35.5. The van der Waals surface area contributed by atoms with Crippen molar-refractivity contribution in [1.82, 2.24) is 4.98 Å². The fourth-order valence-electron chi connectivity index (χ4n) is 1.49. The summed E-state index contributed by atoms with van der Waals surface area (Å²) in [6.07, 6.45) is 1.60. The second-order valence-corrected chi connectivity index (χ2v) is 4.35. The molecule has 0 aliphatic heterocycles. The van der Waals surface area contributed by atoms with Gasteiger partial charge in [-0.1, -0.05) is 11.6 Å². The summed E-state index contributed by atoms with van der Waals surface area (Å²) >= 11 is 5.85. The third kappa shape index (κ3) is 2.99. The standard InChI is InChI=1S/C13H12ClN3O/c1-8-2-3-12(7-16-8)17-13(18)9-4-10(14)6-11(15)5-9/h2-7H,15H2,1H3,(H,17,18). The van der Waals surface area contributed by atoms with Crippen molar-refractivity contribution < 1.29 is 4.79 Å². The highest BCUT2D eigenvalue weighted by molar-refractivity contribution is 6.31. The Hall–Kier alpha value is -2.07. The molecule has 0 aliphatic rings. The molecule has 0 atom stereocenters. The Morgan fingerprint density at radius 2 is 2.11 bits per heavy atom. The number of benzene rings is 1. The Kier molecular flexibility index (Phi) is 3.48. The summed E-state index contributed by atoms with van der Waals surface area (Å²) in [5.41, 5.74) is 8.02. The van der Waals surface area contributed by atoms with Gasteiger partial charge in [0.1, 0.15) is 0 Å². The molecule has 2 aromatic rings. The molecule has 3 N–H and O–H groups in total. The van der Waals surface area contributed by atoms with Gasteiger partial charge in [0, 0.05) is 22.0 Å². The van der Waals surface area contributed by atoms with E-state index < -0.39 is 0 Å². The maximum atomic E-state index is 12.0. The molecule has 1 amide bonds. The Morgan fingerprint density at radius 1 is 1.33 bits per heavy atom. The lowest BCUT2D eigenvalue weighted by molar-refractivity contribution is 0.102. The van der Waals surface area contributed by atoms with E-state index in [1.807, 2.05) is 13.0 Å². The number of nitrogens with zero attached hydrogens (tertiary/aromatic N) is 1. The number of pyridine rings is 1. The number of aryl methyl sites for hydroxylation is 1. The van der Waals surface area contributed by atoms with Crippen molar-refractivity contribution >= 4 is 28.9 Å². The summed E-state index contributed by atoms with van der Waals surface area (Å²) in [5.74, 6) is -0.269. The van der Waals surface area contributed by atoms with Crippen LogP contribution in [-0.2, 0) is 0 Å². The number of aromatic nitrogens is 1. The topological polar surface area (TPSA) is 68.0 Å². The van der Waals surface area contributed by atoms with Gasteiger partial charge in [0.25, 0.3) is 5.91 Å². The van der Waals surface area contributed by atoms with Crippen LogP contribution in [0.2, 0.25) is 5.02 Å². The van der Waals surface area contributed by atoms with E-state index in [1.54, 1.807) is 30.5 Å². The van der Waals surface area contributed by atoms with Crippen LogP contribution in [0.15, 0.2) is 36.5 Å². The minimum atomic E-state index is -0.269. The van der Waals surface area contributed by atoms with Crippen LogP contribution in [0.3, 0.4) is 0 Å². The zero-order valence-corrected chi connectivity index (χ0v) is 10.5. The van der Waals surface area contributed by atoms with Gasteiger partial charge in [0.05, 0.1) is 11.9 Å². The summed E-state index contributed by atoms with van der Waals surface area (Å²) in [7, 11) is 0. The van der Waals surface area contributed by atoms with Crippen LogP contribution in [0.5, 0.6) is 0 Å². The number of anilines is 2. The molecular formula is C13H12ClN3O. The SMILES string of the molecule is Cc1ccc(NC(=O)c2cc(N)cc(Cl)c2)cn1. The number of nitrogens with one attached hydrogen (secondary N) is 1. The Bertz CT molecular complexity index is 561. The molecule has 5 heteroatoms. The summed E-state index contributed by atoms with van der Waals surface area (Å²) in [4.78, 5) is 16.0. The Labute approximate surface area is 110 Å². The van der Waals surface area contributed by atoms with Gasteiger partial charge in [-0.15, -0.1) is 0 Å². The van der Waals surface area contributed by atoms with Crippen LogP contribution < -0.4 is 11.1 Å². The number of amides is 1. The van der Waals surface area contributed by atoms with E-state index in [0.717, 1.165) is 5.69 Å². The van der Waals surface area contributed by atoms with Gasteiger partial charge in [-0.3, -0.25) is 9.78 Å². The van der Waals surface area contributed by atoms with Crippen molar-refractivity contribution in [2.45, 2.75) is 6.92 Å². The molecule has 0 saturated carbocycles. The minimum Gasteiger partial charge on any atom is -0.399 e. The number of carbonyl (C=O) groups is 1. The van der Waals surface area contributed by atoms with Crippen molar-refractivity contribution in [3.05, 3.63) is 52.8 Å². The number of hydrogen-bond acceptors (Lipinski definition) is 3. The second kappa shape index (κ2) is 5.06. The molecule has 0 aliphatic carbocycles. The van der Waals surface area contributed by atoms with Gasteiger partial charge < -0.3 is 11.1 Å². The van der Waals surface area contributed by atoms with Crippen LogP contribution in [-0.4, -0.2) is 10.9 Å². The first-order valence-electron chi connectivity index (χ1n) is 5.34. The predicted molar refractivity (Wildman–Crippen MR) is 72.8 cm³/mol. The fraction of sp³-hybridized carbons (Fsp3) is 0.0769. The summed E-state index contributed by atoms with van der Waals surface area (Å²) in [6.45, 7) is 1.88. The lowest BCUT2D eigenvalue weighted by Gasteiger charge is -2.06. The molecule has 0 unspecified atom stereocenters. The zero-order valence-electron chi connectivity index (χ0n) is 9.77. The lowest BCUT2D eigenvalue weighted by Crippen LogP contribution is -2.12. The van der Waals surface area contributed by atoms with Crippen molar-refractivity contribution in [3.63, 3.8) is 0 Å². The van der Waals surface area contributed by atoms with Crippen LogP contribution in [0.25, 0.3) is 0 Å². The van der Waals surface area contributed by atoms with E-state index in [4.69, 9.17) is 17.3 Å². The second-order valence-electron chi connectivity index (χ2n) is 3.92. The summed E-state index contributed by atoms with van der Waals surface area (Å²) in [6, 6.07) is 8.33. The van der Waals surface area contributed by atoms with E-state index >= 15 is 0 Å². The molecular weight excluding hydrogens is 250 g/mol. The molecule has 2 rings (SSSR count). The van der Waals surface area contributed by atoms with Gasteiger partial charge in [0.15, 0.2) is 0 Å². The first kappa shape index (κ1) is 12.4. The monoisotopic (exact) mass is 261 g/mol. The molecule has 0 fully saturated rings. The molecule has 1 aromatic carbocycles. The lowest BCUT2D eigenvalue weighted by atomic mass is 10.2. The van der Waals surface area contributed by atoms with E-state index in [-0.39, 0.29) is 5.91 Å². The third-order valence-electron chi connectivity index (χ3n) is 2.35. The van der Waals surface area contributed by atoms with Crippen LogP contribution >= 0.6 is 11.6 Å². The quantitative estimate of drug-likeness (QED) is 0.817. The van der Waals surface area contributed by atoms with E-state index in [0.29, 0.717) is 22.0 Å². The number of halogens is 1. The van der Waals surface area contributed by atoms with E-state index in [2.05, 4.69) is 10.3 Å². The van der Waals surface area contributed by atoms with Gasteiger partial charge in [-0.25, -0.2) is 0 Å².